The number of benzene rings is 2. The van der Waals surface area contributed by atoms with E-state index in [-0.39, 0.29) is 49.5 Å². The van der Waals surface area contributed by atoms with Crippen molar-refractivity contribution in [3.8, 4) is 17.1 Å². The maximum Gasteiger partial charge on any atom is 0.319 e. The normalized spacial score (nSPS) is 18.9. The lowest BCUT2D eigenvalue weighted by atomic mass is 10.0. The molecule has 6 rings (SSSR count). The highest BCUT2D eigenvalue weighted by Crippen LogP contribution is 2.43. The van der Waals surface area contributed by atoms with E-state index in [2.05, 4.69) is 26.9 Å². The highest BCUT2D eigenvalue weighted by molar-refractivity contribution is 7.22. The molecule has 12 heteroatoms. The summed E-state index contributed by atoms with van der Waals surface area (Å²) in [6.45, 7) is 2.57. The van der Waals surface area contributed by atoms with Gasteiger partial charge in [-0.2, -0.15) is 9.97 Å². The molecule has 188 valence electrons. The maximum absolute atomic E-state index is 16.2. The zero-order valence-corrected chi connectivity index (χ0v) is 21.0. The molecule has 0 aliphatic carbocycles. The lowest BCUT2D eigenvalue weighted by Crippen LogP contribution is -2.56. The van der Waals surface area contributed by atoms with Gasteiger partial charge in [0.05, 0.1) is 15.2 Å². The summed E-state index contributed by atoms with van der Waals surface area (Å²) < 4.78 is 36.9. The van der Waals surface area contributed by atoms with Crippen LogP contribution < -0.4 is 21.1 Å². The average Bonchev–Trinajstić information content (AvgIpc) is 3.42. The number of nitrogens with two attached hydrogens (primary N) is 2. The zero-order chi connectivity index (χ0) is 25.1. The van der Waals surface area contributed by atoms with Crippen LogP contribution in [-0.4, -0.2) is 65.2 Å². The van der Waals surface area contributed by atoms with Crippen LogP contribution >= 0.6 is 22.9 Å². The van der Waals surface area contributed by atoms with Gasteiger partial charge in [-0.05, 0) is 44.6 Å². The van der Waals surface area contributed by atoms with Crippen molar-refractivity contribution >= 4 is 55.0 Å². The summed E-state index contributed by atoms with van der Waals surface area (Å²) in [5.74, 6) is -0.620. The van der Waals surface area contributed by atoms with Gasteiger partial charge in [0.2, 0.25) is 0 Å². The average molecular weight is 532 g/mol. The molecule has 4 N–H and O–H groups in total. The van der Waals surface area contributed by atoms with Gasteiger partial charge in [-0.3, -0.25) is 0 Å². The quantitative estimate of drug-likeness (QED) is 0.397. The SMILES string of the molecule is CN1CCC[C@H]1COc1nc(N2CC(N)C2)c2cc(Cl)c(-c3ccc(F)c4sc(N)nc34)c(F)c2n1. The van der Waals surface area contributed by atoms with E-state index in [1.165, 1.54) is 12.1 Å². The first-order chi connectivity index (χ1) is 17.3. The van der Waals surface area contributed by atoms with Crippen LogP contribution in [0.3, 0.4) is 0 Å². The van der Waals surface area contributed by atoms with Crippen LogP contribution in [0.5, 0.6) is 6.01 Å². The third kappa shape index (κ3) is 3.90. The van der Waals surface area contributed by atoms with Gasteiger partial charge < -0.3 is 26.0 Å². The fraction of sp³-hybridized carbons (Fsp3) is 0.375. The number of aromatic nitrogens is 3. The Labute approximate surface area is 214 Å². The number of hydrogen-bond acceptors (Lipinski definition) is 9. The Morgan fingerprint density at radius 2 is 2.00 bits per heavy atom. The van der Waals surface area contributed by atoms with Crippen LogP contribution in [0.2, 0.25) is 5.02 Å². The molecule has 1 atom stereocenters. The molecule has 2 fully saturated rings. The summed E-state index contributed by atoms with van der Waals surface area (Å²) in [5, 5.41) is 0.769. The molecule has 0 spiro atoms. The van der Waals surface area contributed by atoms with Crippen molar-refractivity contribution in [3.63, 3.8) is 0 Å². The summed E-state index contributed by atoms with van der Waals surface area (Å²) in [7, 11) is 2.05. The molecule has 0 bridgehead atoms. The number of anilines is 2. The summed E-state index contributed by atoms with van der Waals surface area (Å²) in [5.41, 5.74) is 12.6. The lowest BCUT2D eigenvalue weighted by molar-refractivity contribution is 0.188. The Hall–Kier alpha value is -2.86. The minimum absolute atomic E-state index is 0.00809. The van der Waals surface area contributed by atoms with E-state index in [9.17, 15) is 4.39 Å². The van der Waals surface area contributed by atoms with Crippen LogP contribution in [0.1, 0.15) is 12.8 Å². The highest BCUT2D eigenvalue weighted by atomic mass is 35.5. The van der Waals surface area contributed by atoms with E-state index in [0.29, 0.717) is 36.5 Å². The van der Waals surface area contributed by atoms with Crippen molar-refractivity contribution < 1.29 is 13.5 Å². The van der Waals surface area contributed by atoms with E-state index < -0.39 is 11.6 Å². The van der Waals surface area contributed by atoms with Crippen LogP contribution in [-0.2, 0) is 0 Å². The molecular formula is C24H24ClF2N7OS. The van der Waals surface area contributed by atoms with Gasteiger partial charge in [0.25, 0.3) is 0 Å². The molecule has 0 radical (unpaired) electrons. The van der Waals surface area contributed by atoms with E-state index in [4.69, 9.17) is 27.8 Å². The number of hydrogen-bond donors (Lipinski definition) is 2. The van der Waals surface area contributed by atoms with Crippen LogP contribution in [0.4, 0.5) is 19.7 Å². The third-order valence-electron chi connectivity index (χ3n) is 6.91. The van der Waals surface area contributed by atoms with Crippen molar-refractivity contribution in [2.75, 3.05) is 43.9 Å². The van der Waals surface area contributed by atoms with Gasteiger partial charge >= 0.3 is 6.01 Å². The molecule has 36 heavy (non-hydrogen) atoms. The fourth-order valence-corrected chi connectivity index (χ4v) is 6.01. The Kier molecular flexibility index (Phi) is 5.83. The standard InChI is InChI=1S/C24H24ClF2N7OS/c1-33-6-2-3-12(33)10-35-24-31-19-14(22(32-24)34-8-11(28)9-34)7-15(25)17(18(19)27)13-4-5-16(26)21-20(13)30-23(29)36-21/h4-5,7,11-12H,2-3,6,8-10,28H2,1H3,(H2,29,30)/t12-/m0/s1. The lowest BCUT2D eigenvalue weighted by Gasteiger charge is -2.38. The van der Waals surface area contributed by atoms with Gasteiger partial charge in [0, 0.05) is 41.7 Å². The second-order valence-electron chi connectivity index (χ2n) is 9.35. The first kappa shape index (κ1) is 23.5. The van der Waals surface area contributed by atoms with Crippen molar-refractivity contribution in [2.45, 2.75) is 24.9 Å². The van der Waals surface area contributed by atoms with Gasteiger partial charge in [-0.25, -0.2) is 13.8 Å². The van der Waals surface area contributed by atoms with Gasteiger partial charge in [0.1, 0.15) is 23.8 Å². The van der Waals surface area contributed by atoms with Crippen molar-refractivity contribution in [1.29, 1.82) is 0 Å². The molecule has 8 nitrogen and oxygen atoms in total. The summed E-state index contributed by atoms with van der Waals surface area (Å²) >= 11 is 7.63. The molecule has 2 aliphatic rings. The Morgan fingerprint density at radius 3 is 2.72 bits per heavy atom. The number of nitrogens with zero attached hydrogens (tertiary/aromatic N) is 5. The van der Waals surface area contributed by atoms with Gasteiger partial charge in [-0.1, -0.05) is 22.9 Å². The molecule has 2 aromatic carbocycles. The molecular weight excluding hydrogens is 508 g/mol. The van der Waals surface area contributed by atoms with Crippen molar-refractivity contribution in [2.24, 2.45) is 5.73 Å². The summed E-state index contributed by atoms with van der Waals surface area (Å²) in [4.78, 5) is 17.5. The Balaban J connectivity index is 1.50. The predicted molar refractivity (Wildman–Crippen MR) is 139 cm³/mol. The number of fused-ring (bicyclic) bond motifs is 2. The molecule has 2 saturated heterocycles. The number of likely N-dealkylation sites (tertiary alicyclic amines) is 1. The van der Waals surface area contributed by atoms with Gasteiger partial charge in [-0.15, -0.1) is 0 Å². The minimum Gasteiger partial charge on any atom is -0.462 e. The zero-order valence-electron chi connectivity index (χ0n) is 19.5. The molecule has 2 aliphatic heterocycles. The third-order valence-corrected chi connectivity index (χ3v) is 8.10. The maximum atomic E-state index is 16.2. The number of halogens is 3. The molecule has 4 heterocycles. The number of nitrogen functional groups attached to an aromatic ring is 1. The van der Waals surface area contributed by atoms with E-state index >= 15 is 4.39 Å². The van der Waals surface area contributed by atoms with E-state index in [1.807, 2.05) is 4.90 Å². The largest absolute Gasteiger partial charge is 0.462 e. The second-order valence-corrected chi connectivity index (χ2v) is 10.8. The molecule has 0 amide bonds. The smallest absolute Gasteiger partial charge is 0.319 e. The van der Waals surface area contributed by atoms with E-state index in [1.54, 1.807) is 6.07 Å². The van der Waals surface area contributed by atoms with Gasteiger partial charge in [0.15, 0.2) is 10.9 Å². The van der Waals surface area contributed by atoms with Crippen LogP contribution in [0.25, 0.3) is 32.2 Å². The highest BCUT2D eigenvalue weighted by Gasteiger charge is 2.30. The molecule has 0 saturated carbocycles. The first-order valence-corrected chi connectivity index (χ1v) is 12.9. The minimum atomic E-state index is -0.659. The fourth-order valence-electron chi connectivity index (χ4n) is 4.95. The number of thiazole rings is 1. The molecule has 0 unspecified atom stereocenters. The molecule has 2 aromatic heterocycles. The number of likely N-dealkylation sites (N-methyl/N-ethyl adjacent to an activating group) is 1. The Bertz CT molecular complexity index is 1490. The van der Waals surface area contributed by atoms with Crippen LogP contribution in [0.15, 0.2) is 18.2 Å². The Morgan fingerprint density at radius 1 is 1.19 bits per heavy atom. The number of rotatable bonds is 5. The summed E-state index contributed by atoms with van der Waals surface area (Å²) in [6, 6.07) is 4.69. The molecule has 4 aromatic rings. The first-order valence-electron chi connectivity index (χ1n) is 11.7. The topological polar surface area (TPSA) is 106 Å². The summed E-state index contributed by atoms with van der Waals surface area (Å²) in [6.07, 6.45) is 2.12. The van der Waals surface area contributed by atoms with Crippen LogP contribution in [0, 0.1) is 11.6 Å². The second kappa shape index (κ2) is 8.91. The van der Waals surface area contributed by atoms with E-state index in [0.717, 1.165) is 30.7 Å². The van der Waals surface area contributed by atoms with Crippen molar-refractivity contribution in [3.05, 3.63) is 34.9 Å². The predicted octanol–water partition coefficient (Wildman–Crippen LogP) is 4.04. The van der Waals surface area contributed by atoms with Crippen molar-refractivity contribution in [1.82, 2.24) is 19.9 Å². The monoisotopic (exact) mass is 531 g/mol. The number of ether oxygens (including phenoxy) is 1.